The standard InChI is InChI=1S/C8H5N2O/c1-2-4-10-7(3-1)8-5-9-6-11-8/h1-3,5-6H. The first-order chi connectivity index (χ1) is 5.47. The molecule has 11 heavy (non-hydrogen) atoms. The van der Waals surface area contributed by atoms with Gasteiger partial charge in [-0.25, -0.2) is 9.97 Å². The number of rotatable bonds is 1. The van der Waals surface area contributed by atoms with E-state index >= 15 is 0 Å². The predicted molar refractivity (Wildman–Crippen MR) is 38.6 cm³/mol. The molecule has 0 fully saturated rings. The molecule has 0 bridgehead atoms. The highest BCUT2D eigenvalue weighted by Crippen LogP contribution is 2.13. The number of aromatic nitrogens is 2. The first kappa shape index (κ1) is 6.09. The average molecular weight is 145 g/mol. The lowest BCUT2D eigenvalue weighted by molar-refractivity contribution is 0.570. The first-order valence-electron chi connectivity index (χ1n) is 3.19. The van der Waals surface area contributed by atoms with Gasteiger partial charge >= 0.3 is 0 Å². The summed E-state index contributed by atoms with van der Waals surface area (Å²) in [5.41, 5.74) is 0.755. The smallest absolute Gasteiger partial charge is 0.181 e. The molecule has 0 spiro atoms. The molecule has 0 saturated heterocycles. The molecular weight excluding hydrogens is 140 g/mol. The third-order valence-electron chi connectivity index (χ3n) is 1.29. The van der Waals surface area contributed by atoms with E-state index in [4.69, 9.17) is 4.42 Å². The van der Waals surface area contributed by atoms with Crippen molar-refractivity contribution in [2.45, 2.75) is 0 Å². The van der Waals surface area contributed by atoms with Crippen molar-refractivity contribution in [2.24, 2.45) is 0 Å². The number of pyridine rings is 1. The van der Waals surface area contributed by atoms with Crippen LogP contribution in [0.3, 0.4) is 0 Å². The Hall–Kier alpha value is -1.64. The number of oxazole rings is 1. The van der Waals surface area contributed by atoms with Crippen LogP contribution >= 0.6 is 0 Å². The fraction of sp³-hybridized carbons (Fsp3) is 0. The molecule has 0 atom stereocenters. The third-order valence-corrected chi connectivity index (χ3v) is 1.29. The molecule has 0 aliphatic carbocycles. The zero-order valence-corrected chi connectivity index (χ0v) is 5.69. The molecule has 0 saturated carbocycles. The van der Waals surface area contributed by atoms with E-state index in [2.05, 4.69) is 16.2 Å². The van der Waals surface area contributed by atoms with Gasteiger partial charge in [0.25, 0.3) is 0 Å². The summed E-state index contributed by atoms with van der Waals surface area (Å²) in [6, 6.07) is 5.43. The van der Waals surface area contributed by atoms with Crippen molar-refractivity contribution in [2.75, 3.05) is 0 Å². The van der Waals surface area contributed by atoms with Crippen molar-refractivity contribution >= 4 is 0 Å². The van der Waals surface area contributed by atoms with Crippen LogP contribution in [-0.4, -0.2) is 9.97 Å². The maximum absolute atomic E-state index is 5.03. The number of nitrogens with zero attached hydrogens (tertiary/aromatic N) is 2. The second-order valence-corrected chi connectivity index (χ2v) is 2.02. The third kappa shape index (κ3) is 1.12. The van der Waals surface area contributed by atoms with Crippen molar-refractivity contribution in [1.82, 2.24) is 9.97 Å². The van der Waals surface area contributed by atoms with Crippen LogP contribution in [0, 0.1) is 6.20 Å². The summed E-state index contributed by atoms with van der Waals surface area (Å²) in [4.78, 5) is 7.74. The van der Waals surface area contributed by atoms with Gasteiger partial charge in [0.1, 0.15) is 5.69 Å². The Labute approximate surface area is 63.7 Å². The Bertz CT molecular complexity index is 315. The highest BCUT2D eigenvalue weighted by atomic mass is 16.3. The molecule has 0 aliphatic heterocycles. The van der Waals surface area contributed by atoms with Crippen LogP contribution in [0.5, 0.6) is 0 Å². The molecule has 0 amide bonds. The Morgan fingerprint density at radius 3 is 3.09 bits per heavy atom. The molecule has 2 aromatic heterocycles. The van der Waals surface area contributed by atoms with Crippen LogP contribution in [0.2, 0.25) is 0 Å². The minimum absolute atomic E-state index is 0.668. The van der Waals surface area contributed by atoms with E-state index in [1.165, 1.54) is 6.39 Å². The monoisotopic (exact) mass is 145 g/mol. The summed E-state index contributed by atoms with van der Waals surface area (Å²) in [5.74, 6) is 0.668. The molecule has 53 valence electrons. The lowest BCUT2D eigenvalue weighted by Crippen LogP contribution is -1.77. The summed E-state index contributed by atoms with van der Waals surface area (Å²) in [7, 11) is 0. The van der Waals surface area contributed by atoms with Gasteiger partial charge in [-0.2, -0.15) is 0 Å². The Morgan fingerprint density at radius 2 is 2.45 bits per heavy atom. The fourth-order valence-electron chi connectivity index (χ4n) is 0.806. The zero-order valence-electron chi connectivity index (χ0n) is 5.69. The van der Waals surface area contributed by atoms with Crippen molar-refractivity contribution in [3.63, 3.8) is 0 Å². The van der Waals surface area contributed by atoms with Crippen LogP contribution in [0.4, 0.5) is 0 Å². The van der Waals surface area contributed by atoms with Crippen LogP contribution in [0.1, 0.15) is 0 Å². The Kier molecular flexibility index (Phi) is 1.41. The van der Waals surface area contributed by atoms with E-state index in [1.807, 2.05) is 12.1 Å². The zero-order chi connectivity index (χ0) is 7.52. The fourth-order valence-corrected chi connectivity index (χ4v) is 0.806. The van der Waals surface area contributed by atoms with Crippen molar-refractivity contribution in [3.8, 4) is 11.5 Å². The molecule has 3 nitrogen and oxygen atoms in total. The first-order valence-corrected chi connectivity index (χ1v) is 3.19. The lowest BCUT2D eigenvalue weighted by atomic mass is 10.3. The summed E-state index contributed by atoms with van der Waals surface area (Å²) in [5, 5.41) is 0. The van der Waals surface area contributed by atoms with Crippen molar-refractivity contribution < 1.29 is 4.42 Å². The minimum atomic E-state index is 0.668. The molecule has 0 N–H and O–H groups in total. The van der Waals surface area contributed by atoms with E-state index < -0.39 is 0 Å². The van der Waals surface area contributed by atoms with E-state index in [9.17, 15) is 0 Å². The van der Waals surface area contributed by atoms with Crippen molar-refractivity contribution in [3.05, 3.63) is 37.0 Å². The normalized spacial score (nSPS) is 9.82. The molecule has 2 rings (SSSR count). The minimum Gasteiger partial charge on any atom is -0.442 e. The van der Waals surface area contributed by atoms with Gasteiger partial charge < -0.3 is 4.42 Å². The second-order valence-electron chi connectivity index (χ2n) is 2.02. The van der Waals surface area contributed by atoms with Gasteiger partial charge in [0.05, 0.1) is 12.4 Å². The van der Waals surface area contributed by atoms with E-state index in [-0.39, 0.29) is 0 Å². The van der Waals surface area contributed by atoms with E-state index in [0.29, 0.717) is 5.76 Å². The number of hydrogen-bond acceptors (Lipinski definition) is 3. The van der Waals surface area contributed by atoms with E-state index in [1.54, 1.807) is 12.3 Å². The van der Waals surface area contributed by atoms with Gasteiger partial charge in [-0.15, -0.1) is 0 Å². The van der Waals surface area contributed by atoms with Gasteiger partial charge in [-0.1, -0.05) is 6.07 Å². The van der Waals surface area contributed by atoms with Crippen molar-refractivity contribution in [1.29, 1.82) is 0 Å². The van der Waals surface area contributed by atoms with Crippen LogP contribution < -0.4 is 0 Å². The van der Waals surface area contributed by atoms with Crippen LogP contribution in [0.15, 0.2) is 35.2 Å². The summed E-state index contributed by atoms with van der Waals surface area (Å²) >= 11 is 0. The second kappa shape index (κ2) is 2.54. The lowest BCUT2D eigenvalue weighted by Gasteiger charge is -1.89. The highest BCUT2D eigenvalue weighted by Gasteiger charge is 1.99. The van der Waals surface area contributed by atoms with E-state index in [0.717, 1.165) is 5.69 Å². The molecule has 0 aliphatic rings. The Morgan fingerprint density at radius 1 is 1.45 bits per heavy atom. The molecule has 1 radical (unpaired) electrons. The maximum atomic E-state index is 5.03. The highest BCUT2D eigenvalue weighted by molar-refractivity contribution is 5.49. The molecular formula is C8H5N2O. The number of hydrogen-bond donors (Lipinski definition) is 0. The topological polar surface area (TPSA) is 38.9 Å². The van der Waals surface area contributed by atoms with Gasteiger partial charge in [-0.05, 0) is 12.1 Å². The van der Waals surface area contributed by atoms with Crippen LogP contribution in [-0.2, 0) is 0 Å². The predicted octanol–water partition coefficient (Wildman–Crippen LogP) is 1.54. The van der Waals surface area contributed by atoms with Gasteiger partial charge in [0.15, 0.2) is 12.2 Å². The summed E-state index contributed by atoms with van der Waals surface area (Å²) in [6.07, 6.45) is 5.71. The molecule has 3 heteroatoms. The summed E-state index contributed by atoms with van der Waals surface area (Å²) < 4.78 is 5.03. The van der Waals surface area contributed by atoms with Gasteiger partial charge in [-0.3, -0.25) is 0 Å². The molecule has 2 aromatic rings. The SMILES string of the molecule is [c]1cccc(-c2cnco2)n1. The molecule has 0 unspecified atom stereocenters. The van der Waals surface area contributed by atoms with Crippen LogP contribution in [0.25, 0.3) is 11.5 Å². The van der Waals surface area contributed by atoms with Gasteiger partial charge in [0, 0.05) is 0 Å². The van der Waals surface area contributed by atoms with Gasteiger partial charge in [0.2, 0.25) is 0 Å². The quantitative estimate of drug-likeness (QED) is 0.610. The average Bonchev–Trinajstić information content (AvgIpc) is 2.58. The molecule has 2 heterocycles. The largest absolute Gasteiger partial charge is 0.442 e. The maximum Gasteiger partial charge on any atom is 0.181 e. The summed E-state index contributed by atoms with van der Waals surface area (Å²) in [6.45, 7) is 0. The Balaban J connectivity index is 2.46. The molecule has 0 aromatic carbocycles.